The van der Waals surface area contributed by atoms with Crippen molar-refractivity contribution >= 4 is 27.7 Å². The average molecular weight is 206 g/mol. The first kappa shape index (κ1) is 9.21. The van der Waals surface area contributed by atoms with E-state index in [0.717, 1.165) is 32.6 Å². The van der Waals surface area contributed by atoms with Crippen LogP contribution in [0.2, 0.25) is 0 Å². The van der Waals surface area contributed by atoms with Gasteiger partial charge in [0.25, 0.3) is 0 Å². The summed E-state index contributed by atoms with van der Waals surface area (Å²) in [6.45, 7) is 2.00. The van der Waals surface area contributed by atoms with E-state index in [9.17, 15) is 4.79 Å². The van der Waals surface area contributed by atoms with Crippen LogP contribution in [0.4, 0.5) is 0 Å². The normalized spacial score (nSPS) is 10.4. The average Bonchev–Trinajstić information content (AvgIpc) is 2.60. The molecule has 0 aliphatic rings. The van der Waals surface area contributed by atoms with E-state index < -0.39 is 0 Å². The summed E-state index contributed by atoms with van der Waals surface area (Å²) < 4.78 is 6.36. The summed E-state index contributed by atoms with van der Waals surface area (Å²) in [5.74, 6) is 0.876. The Bertz CT molecular complexity index is 485. The van der Waals surface area contributed by atoms with E-state index >= 15 is 0 Å². The van der Waals surface area contributed by atoms with E-state index in [1.165, 1.54) is 11.3 Å². The lowest BCUT2D eigenvalue weighted by Gasteiger charge is -2.04. The molecule has 2 nitrogen and oxygen atoms in total. The molecule has 72 valence electrons. The van der Waals surface area contributed by atoms with Crippen LogP contribution < -0.4 is 4.74 Å². The Hall–Kier alpha value is -1.35. The van der Waals surface area contributed by atoms with Crippen LogP contribution in [0.15, 0.2) is 18.2 Å². The largest absolute Gasteiger partial charge is 0.495 e. The molecular formula is C11H10O2S. The number of hydrogen-bond acceptors (Lipinski definition) is 3. The van der Waals surface area contributed by atoms with E-state index in [1.54, 1.807) is 7.11 Å². The molecule has 0 N–H and O–H groups in total. The van der Waals surface area contributed by atoms with E-state index in [4.69, 9.17) is 4.74 Å². The Morgan fingerprint density at radius 2 is 2.21 bits per heavy atom. The molecule has 0 aliphatic carbocycles. The fraction of sp³-hybridized carbons (Fsp3) is 0.182. The molecule has 0 saturated carbocycles. The van der Waals surface area contributed by atoms with Gasteiger partial charge in [-0.05, 0) is 23.9 Å². The summed E-state index contributed by atoms with van der Waals surface area (Å²) in [7, 11) is 1.65. The molecule has 0 unspecified atom stereocenters. The molecule has 3 heteroatoms. The number of thiophene rings is 1. The SMILES string of the molecule is COc1c(C)ccc2cc(C=O)sc12. The van der Waals surface area contributed by atoms with Gasteiger partial charge in [-0.15, -0.1) is 11.3 Å². The number of hydrogen-bond donors (Lipinski definition) is 0. The van der Waals surface area contributed by atoms with Crippen molar-refractivity contribution in [2.24, 2.45) is 0 Å². The van der Waals surface area contributed by atoms with E-state index in [0.29, 0.717) is 0 Å². The third kappa shape index (κ3) is 1.30. The summed E-state index contributed by atoms with van der Waals surface area (Å²) >= 11 is 1.47. The van der Waals surface area contributed by atoms with Gasteiger partial charge in [0, 0.05) is 0 Å². The van der Waals surface area contributed by atoms with Crippen molar-refractivity contribution in [3.8, 4) is 5.75 Å². The summed E-state index contributed by atoms with van der Waals surface area (Å²) in [5.41, 5.74) is 1.10. The van der Waals surface area contributed by atoms with Crippen LogP contribution in [-0.4, -0.2) is 13.4 Å². The van der Waals surface area contributed by atoms with Crippen LogP contribution >= 0.6 is 11.3 Å². The molecule has 0 atom stereocenters. The van der Waals surface area contributed by atoms with Crippen molar-refractivity contribution in [2.75, 3.05) is 7.11 Å². The predicted octanol–water partition coefficient (Wildman–Crippen LogP) is 3.03. The third-order valence-electron chi connectivity index (χ3n) is 2.18. The third-order valence-corrected chi connectivity index (χ3v) is 3.25. The lowest BCUT2D eigenvalue weighted by Crippen LogP contribution is -1.85. The lowest BCUT2D eigenvalue weighted by atomic mass is 10.2. The number of ether oxygens (including phenoxy) is 1. The van der Waals surface area contributed by atoms with Crippen molar-refractivity contribution < 1.29 is 9.53 Å². The van der Waals surface area contributed by atoms with Gasteiger partial charge in [-0.25, -0.2) is 0 Å². The molecular weight excluding hydrogens is 196 g/mol. The van der Waals surface area contributed by atoms with Gasteiger partial charge < -0.3 is 4.74 Å². The van der Waals surface area contributed by atoms with Gasteiger partial charge in [0.15, 0.2) is 6.29 Å². The fourth-order valence-electron chi connectivity index (χ4n) is 1.51. The van der Waals surface area contributed by atoms with Crippen molar-refractivity contribution in [3.63, 3.8) is 0 Å². The number of rotatable bonds is 2. The molecule has 0 saturated heterocycles. The second-order valence-electron chi connectivity index (χ2n) is 3.10. The first-order chi connectivity index (χ1) is 6.76. The van der Waals surface area contributed by atoms with Gasteiger partial charge in [0.1, 0.15) is 5.75 Å². The highest BCUT2D eigenvalue weighted by Crippen LogP contribution is 2.35. The number of methoxy groups -OCH3 is 1. The highest BCUT2D eigenvalue weighted by molar-refractivity contribution is 7.20. The van der Waals surface area contributed by atoms with Crippen LogP contribution in [0.1, 0.15) is 15.2 Å². The molecule has 0 aliphatic heterocycles. The number of carbonyl (C=O) groups excluding carboxylic acids is 1. The zero-order valence-electron chi connectivity index (χ0n) is 8.03. The minimum Gasteiger partial charge on any atom is -0.495 e. The van der Waals surface area contributed by atoms with Gasteiger partial charge in [0.05, 0.1) is 16.7 Å². The van der Waals surface area contributed by atoms with Gasteiger partial charge in [0.2, 0.25) is 0 Å². The fourth-order valence-corrected chi connectivity index (χ4v) is 2.56. The van der Waals surface area contributed by atoms with E-state index in [1.807, 2.05) is 25.1 Å². The summed E-state index contributed by atoms with van der Waals surface area (Å²) in [6, 6.07) is 5.90. The topological polar surface area (TPSA) is 26.3 Å². The predicted molar refractivity (Wildman–Crippen MR) is 58.5 cm³/mol. The molecule has 1 aromatic heterocycles. The molecule has 2 rings (SSSR count). The van der Waals surface area contributed by atoms with Crippen LogP contribution in [0.5, 0.6) is 5.75 Å². The van der Waals surface area contributed by atoms with Crippen LogP contribution in [0.25, 0.3) is 10.1 Å². The maximum atomic E-state index is 10.6. The highest BCUT2D eigenvalue weighted by Gasteiger charge is 2.08. The van der Waals surface area contributed by atoms with E-state index in [-0.39, 0.29) is 0 Å². The molecule has 0 radical (unpaired) electrons. The molecule has 1 aromatic carbocycles. The van der Waals surface area contributed by atoms with Gasteiger partial charge in [-0.3, -0.25) is 4.79 Å². The summed E-state index contributed by atoms with van der Waals surface area (Å²) in [6.07, 6.45) is 0.874. The molecule has 0 spiro atoms. The Balaban J connectivity index is 2.79. The van der Waals surface area contributed by atoms with Crippen molar-refractivity contribution in [1.82, 2.24) is 0 Å². The van der Waals surface area contributed by atoms with Crippen molar-refractivity contribution in [2.45, 2.75) is 6.92 Å². The summed E-state index contributed by atoms with van der Waals surface area (Å²) in [4.78, 5) is 11.4. The molecule has 0 bridgehead atoms. The molecule has 1 heterocycles. The number of carbonyl (C=O) groups is 1. The van der Waals surface area contributed by atoms with Crippen molar-refractivity contribution in [3.05, 3.63) is 28.6 Å². The van der Waals surface area contributed by atoms with Crippen LogP contribution in [0, 0.1) is 6.92 Å². The van der Waals surface area contributed by atoms with Crippen LogP contribution in [0.3, 0.4) is 0 Å². The van der Waals surface area contributed by atoms with E-state index in [2.05, 4.69) is 0 Å². The smallest absolute Gasteiger partial charge is 0.160 e. The van der Waals surface area contributed by atoms with Gasteiger partial charge in [-0.2, -0.15) is 0 Å². The Morgan fingerprint density at radius 1 is 1.43 bits per heavy atom. The van der Waals surface area contributed by atoms with Gasteiger partial charge in [-0.1, -0.05) is 12.1 Å². The Kier molecular flexibility index (Phi) is 2.25. The number of fused-ring (bicyclic) bond motifs is 1. The maximum absolute atomic E-state index is 10.6. The first-order valence-electron chi connectivity index (χ1n) is 4.28. The summed E-state index contributed by atoms with van der Waals surface area (Å²) in [5, 5.41) is 1.07. The molecule has 14 heavy (non-hydrogen) atoms. The van der Waals surface area contributed by atoms with Crippen LogP contribution in [-0.2, 0) is 0 Å². The lowest BCUT2D eigenvalue weighted by molar-refractivity contribution is 0.112. The zero-order valence-corrected chi connectivity index (χ0v) is 8.85. The highest BCUT2D eigenvalue weighted by atomic mass is 32.1. The monoisotopic (exact) mass is 206 g/mol. The molecule has 0 fully saturated rings. The first-order valence-corrected chi connectivity index (χ1v) is 5.10. The standard InChI is InChI=1S/C11H10O2S/c1-7-3-4-8-5-9(6-12)14-11(8)10(7)13-2/h3-6H,1-2H3. The second kappa shape index (κ2) is 3.42. The quantitative estimate of drug-likeness (QED) is 0.706. The van der Waals surface area contributed by atoms with Gasteiger partial charge >= 0.3 is 0 Å². The number of aryl methyl sites for hydroxylation is 1. The Labute approximate surface area is 86.1 Å². The molecule has 0 amide bonds. The second-order valence-corrected chi connectivity index (χ2v) is 4.18. The zero-order chi connectivity index (χ0) is 10.1. The Morgan fingerprint density at radius 3 is 2.86 bits per heavy atom. The van der Waals surface area contributed by atoms with Crippen molar-refractivity contribution in [1.29, 1.82) is 0 Å². The minimum atomic E-state index is 0.740. The number of aldehydes is 1. The molecule has 2 aromatic rings. The number of benzene rings is 1. The maximum Gasteiger partial charge on any atom is 0.160 e. The minimum absolute atomic E-state index is 0.740.